The lowest BCUT2D eigenvalue weighted by molar-refractivity contribution is 0.256. The lowest BCUT2D eigenvalue weighted by Crippen LogP contribution is -2.33. The summed E-state index contributed by atoms with van der Waals surface area (Å²) in [5, 5.41) is 3.81. The third-order valence-corrected chi connectivity index (χ3v) is 6.06. The number of aromatic nitrogens is 1. The summed E-state index contributed by atoms with van der Waals surface area (Å²) in [6.07, 6.45) is 10.6. The molecule has 140 valence electrons. The number of pyridine rings is 1. The Kier molecular flexibility index (Phi) is 4.70. The largest absolute Gasteiger partial charge is 0.333 e. The van der Waals surface area contributed by atoms with E-state index in [0.717, 1.165) is 60.7 Å². The van der Waals surface area contributed by atoms with Gasteiger partial charge in [0.05, 0.1) is 5.41 Å². The molecule has 7 heteroatoms. The van der Waals surface area contributed by atoms with E-state index in [1.54, 1.807) is 24.5 Å². The SMILES string of the molecule is O=C(Nc1c2c(cc3c1CCC3)CCC2)NS(=O)(=O)/C=C/c1ccncc1. The fraction of sp³-hybridized carbons (Fsp3) is 0.300. The van der Waals surface area contributed by atoms with Crippen molar-refractivity contribution >= 4 is 27.8 Å². The van der Waals surface area contributed by atoms with Gasteiger partial charge in [0.1, 0.15) is 0 Å². The number of rotatable bonds is 4. The van der Waals surface area contributed by atoms with Crippen LogP contribution in [0.3, 0.4) is 0 Å². The first-order valence-corrected chi connectivity index (χ1v) is 10.6. The molecule has 0 atom stereocenters. The highest BCUT2D eigenvalue weighted by Crippen LogP contribution is 2.38. The van der Waals surface area contributed by atoms with Gasteiger partial charge in [-0.15, -0.1) is 0 Å². The van der Waals surface area contributed by atoms with Crippen LogP contribution in [0.4, 0.5) is 10.5 Å². The third kappa shape index (κ3) is 3.88. The number of hydrogen-bond acceptors (Lipinski definition) is 4. The van der Waals surface area contributed by atoms with Gasteiger partial charge in [-0.25, -0.2) is 17.9 Å². The molecule has 1 aromatic carbocycles. The summed E-state index contributed by atoms with van der Waals surface area (Å²) < 4.78 is 26.5. The van der Waals surface area contributed by atoms with Crippen molar-refractivity contribution in [2.24, 2.45) is 0 Å². The molecule has 2 N–H and O–H groups in total. The number of urea groups is 1. The van der Waals surface area contributed by atoms with E-state index in [1.165, 1.54) is 17.2 Å². The predicted octanol–water partition coefficient (Wildman–Crippen LogP) is 3.18. The number of nitrogens with one attached hydrogen (secondary N) is 2. The average molecular weight is 383 g/mol. The predicted molar refractivity (Wildman–Crippen MR) is 105 cm³/mol. The Bertz CT molecular complexity index is 982. The molecule has 27 heavy (non-hydrogen) atoms. The number of nitrogens with zero attached hydrogens (tertiary/aromatic N) is 1. The van der Waals surface area contributed by atoms with Crippen molar-refractivity contribution in [3.05, 3.63) is 63.8 Å². The van der Waals surface area contributed by atoms with Crippen molar-refractivity contribution in [2.45, 2.75) is 38.5 Å². The number of carbonyl (C=O) groups excluding carboxylic acids is 1. The average Bonchev–Trinajstić information content (AvgIpc) is 3.29. The normalized spacial score (nSPS) is 15.6. The molecule has 1 heterocycles. The Labute approximate surface area is 158 Å². The zero-order valence-corrected chi connectivity index (χ0v) is 15.7. The van der Waals surface area contributed by atoms with Crippen LogP contribution >= 0.6 is 0 Å². The summed E-state index contributed by atoms with van der Waals surface area (Å²) in [7, 11) is -3.89. The number of carbonyl (C=O) groups is 1. The molecule has 0 fully saturated rings. The van der Waals surface area contributed by atoms with Crippen molar-refractivity contribution in [2.75, 3.05) is 5.32 Å². The number of benzene rings is 1. The van der Waals surface area contributed by atoms with E-state index < -0.39 is 16.1 Å². The quantitative estimate of drug-likeness (QED) is 0.849. The van der Waals surface area contributed by atoms with Crippen LogP contribution < -0.4 is 10.0 Å². The first-order chi connectivity index (χ1) is 13.0. The minimum Gasteiger partial charge on any atom is -0.307 e. The lowest BCUT2D eigenvalue weighted by atomic mass is 9.99. The highest BCUT2D eigenvalue weighted by molar-refractivity contribution is 7.93. The van der Waals surface area contributed by atoms with Crippen molar-refractivity contribution in [3.63, 3.8) is 0 Å². The molecule has 2 aromatic rings. The molecule has 2 aliphatic carbocycles. The summed E-state index contributed by atoms with van der Waals surface area (Å²) in [6.45, 7) is 0. The van der Waals surface area contributed by atoms with Crippen molar-refractivity contribution < 1.29 is 13.2 Å². The topological polar surface area (TPSA) is 88.2 Å². The maximum Gasteiger partial charge on any atom is 0.333 e. The van der Waals surface area contributed by atoms with Gasteiger partial charge in [0.25, 0.3) is 10.0 Å². The third-order valence-electron chi connectivity index (χ3n) is 5.09. The van der Waals surface area contributed by atoms with E-state index in [2.05, 4.69) is 21.1 Å². The van der Waals surface area contributed by atoms with Crippen LogP contribution in [0.5, 0.6) is 0 Å². The van der Waals surface area contributed by atoms with Gasteiger partial charge in [-0.2, -0.15) is 0 Å². The minimum atomic E-state index is -3.89. The second-order valence-electron chi connectivity index (χ2n) is 6.92. The summed E-state index contributed by atoms with van der Waals surface area (Å²) in [6, 6.07) is 4.91. The molecule has 2 aliphatic rings. The van der Waals surface area contributed by atoms with Crippen molar-refractivity contribution in [3.8, 4) is 0 Å². The van der Waals surface area contributed by atoms with E-state index in [0.29, 0.717) is 5.56 Å². The van der Waals surface area contributed by atoms with Crippen LogP contribution in [0.15, 0.2) is 36.0 Å². The molecular formula is C20H21N3O3S. The fourth-order valence-electron chi connectivity index (χ4n) is 3.91. The lowest BCUT2D eigenvalue weighted by Gasteiger charge is -2.16. The van der Waals surface area contributed by atoms with Gasteiger partial charge < -0.3 is 5.32 Å². The summed E-state index contributed by atoms with van der Waals surface area (Å²) >= 11 is 0. The van der Waals surface area contributed by atoms with Crippen molar-refractivity contribution in [1.82, 2.24) is 9.71 Å². The van der Waals surface area contributed by atoms with Crippen LogP contribution in [0.25, 0.3) is 6.08 Å². The Hall–Kier alpha value is -2.67. The molecule has 0 bridgehead atoms. The van der Waals surface area contributed by atoms with E-state index in [9.17, 15) is 13.2 Å². The first kappa shape index (κ1) is 17.7. The Balaban J connectivity index is 1.51. The fourth-order valence-corrected chi connectivity index (χ4v) is 4.63. The second kappa shape index (κ2) is 7.15. The molecule has 6 nitrogen and oxygen atoms in total. The molecule has 1 aromatic heterocycles. The zero-order valence-electron chi connectivity index (χ0n) is 14.9. The van der Waals surface area contributed by atoms with Gasteiger partial charge in [-0.1, -0.05) is 6.07 Å². The molecule has 0 spiro atoms. The van der Waals surface area contributed by atoms with Gasteiger partial charge in [-0.05, 0) is 84.6 Å². The van der Waals surface area contributed by atoms with Gasteiger partial charge in [0, 0.05) is 18.1 Å². The smallest absolute Gasteiger partial charge is 0.307 e. The van der Waals surface area contributed by atoms with Crippen LogP contribution in [-0.4, -0.2) is 19.4 Å². The Morgan fingerprint density at radius 1 is 1.00 bits per heavy atom. The van der Waals surface area contributed by atoms with Crippen LogP contribution in [0, 0.1) is 0 Å². The number of aryl methyl sites for hydroxylation is 2. The van der Waals surface area contributed by atoms with Gasteiger partial charge >= 0.3 is 6.03 Å². The van der Waals surface area contributed by atoms with E-state index >= 15 is 0 Å². The monoisotopic (exact) mass is 383 g/mol. The minimum absolute atomic E-state index is 0.689. The molecule has 4 rings (SSSR count). The highest BCUT2D eigenvalue weighted by atomic mass is 32.2. The molecule has 0 aliphatic heterocycles. The molecule has 0 saturated carbocycles. The van der Waals surface area contributed by atoms with Gasteiger partial charge in [-0.3, -0.25) is 4.98 Å². The molecule has 0 radical (unpaired) electrons. The van der Waals surface area contributed by atoms with Crippen LogP contribution in [-0.2, 0) is 35.7 Å². The number of sulfonamides is 1. The van der Waals surface area contributed by atoms with Gasteiger partial charge in [0.2, 0.25) is 0 Å². The van der Waals surface area contributed by atoms with Crippen LogP contribution in [0.1, 0.15) is 40.7 Å². The molecular weight excluding hydrogens is 362 g/mol. The highest BCUT2D eigenvalue weighted by Gasteiger charge is 2.25. The maximum absolute atomic E-state index is 12.4. The van der Waals surface area contributed by atoms with Crippen molar-refractivity contribution in [1.29, 1.82) is 0 Å². The van der Waals surface area contributed by atoms with E-state index in [-0.39, 0.29) is 0 Å². The zero-order chi connectivity index (χ0) is 18.9. The number of amides is 2. The summed E-state index contributed by atoms with van der Waals surface area (Å²) in [5.41, 5.74) is 6.40. The first-order valence-electron chi connectivity index (χ1n) is 9.10. The number of hydrogen-bond donors (Lipinski definition) is 2. The standard InChI is InChI=1S/C20H21N3O3S/c24-20(23-27(25,26)12-9-14-7-10-21-11-8-14)22-19-17-5-1-3-15(17)13-16-4-2-6-18(16)19/h7-13H,1-6H2,(H2,22,23,24)/b12-9+. The maximum atomic E-state index is 12.4. The number of anilines is 1. The van der Waals surface area contributed by atoms with E-state index in [4.69, 9.17) is 0 Å². The summed E-state index contributed by atoms with van der Waals surface area (Å²) in [5.74, 6) is 0. The molecule has 2 amide bonds. The Morgan fingerprint density at radius 2 is 1.63 bits per heavy atom. The molecule has 0 unspecified atom stereocenters. The van der Waals surface area contributed by atoms with E-state index in [1.807, 2.05) is 0 Å². The molecule has 0 saturated heterocycles. The van der Waals surface area contributed by atoms with Gasteiger partial charge in [0.15, 0.2) is 0 Å². The second-order valence-corrected chi connectivity index (χ2v) is 8.48. The summed E-state index contributed by atoms with van der Waals surface area (Å²) in [4.78, 5) is 16.3. The van der Waals surface area contributed by atoms with Crippen LogP contribution in [0.2, 0.25) is 0 Å². The Morgan fingerprint density at radius 3 is 2.26 bits per heavy atom. The number of fused-ring (bicyclic) bond motifs is 2.